The first-order valence-electron chi connectivity index (χ1n) is 6.65. The highest BCUT2D eigenvalue weighted by atomic mass is 16.6. The molecule has 5 heteroatoms. The second kappa shape index (κ2) is 5.25. The molecule has 0 spiro atoms. The van der Waals surface area contributed by atoms with Gasteiger partial charge in [0.05, 0.1) is 17.9 Å². The van der Waals surface area contributed by atoms with Gasteiger partial charge in [-0.15, -0.1) is 0 Å². The Morgan fingerprint density at radius 1 is 1.42 bits per heavy atom. The Kier molecular flexibility index (Phi) is 3.85. The van der Waals surface area contributed by atoms with Gasteiger partial charge in [-0.2, -0.15) is 0 Å². The second-order valence-electron chi connectivity index (χ2n) is 5.89. The molecule has 2 N–H and O–H groups in total. The molecule has 1 aliphatic carbocycles. The normalized spacial score (nSPS) is 15.5. The summed E-state index contributed by atoms with van der Waals surface area (Å²) in [4.78, 5) is 12.0. The van der Waals surface area contributed by atoms with Gasteiger partial charge in [-0.25, -0.2) is 4.79 Å². The van der Waals surface area contributed by atoms with Crippen molar-refractivity contribution in [2.45, 2.75) is 45.3 Å². The van der Waals surface area contributed by atoms with Gasteiger partial charge in [-0.3, -0.25) is 0 Å². The Labute approximate surface area is 113 Å². The first kappa shape index (κ1) is 13.9. The Morgan fingerprint density at radius 3 is 2.68 bits per heavy atom. The van der Waals surface area contributed by atoms with Crippen LogP contribution in [0.4, 0.5) is 5.69 Å². The molecule has 1 heterocycles. The van der Waals surface area contributed by atoms with E-state index >= 15 is 0 Å². The number of nitrogen functional groups attached to an aromatic ring is 1. The zero-order chi connectivity index (χ0) is 14.0. The molecule has 1 saturated carbocycles. The lowest BCUT2D eigenvalue weighted by molar-refractivity contribution is -0.0284. The Balaban J connectivity index is 1.86. The highest BCUT2D eigenvalue weighted by Gasteiger charge is 2.28. The van der Waals surface area contributed by atoms with Crippen molar-refractivity contribution < 1.29 is 14.3 Å². The molecule has 0 saturated heterocycles. The summed E-state index contributed by atoms with van der Waals surface area (Å²) < 4.78 is 12.6. The van der Waals surface area contributed by atoms with Crippen molar-refractivity contribution in [1.29, 1.82) is 0 Å². The van der Waals surface area contributed by atoms with Crippen LogP contribution >= 0.6 is 0 Å². The maximum atomic E-state index is 12.0. The van der Waals surface area contributed by atoms with Crippen LogP contribution in [0.2, 0.25) is 0 Å². The summed E-state index contributed by atoms with van der Waals surface area (Å²) in [6, 6.07) is 2.08. The van der Waals surface area contributed by atoms with Gasteiger partial charge in [0.15, 0.2) is 0 Å². The molecule has 0 bridgehead atoms. The summed E-state index contributed by atoms with van der Waals surface area (Å²) in [6.45, 7) is 6.55. The van der Waals surface area contributed by atoms with Crippen LogP contribution in [0.1, 0.15) is 50.1 Å². The predicted molar refractivity (Wildman–Crippen MR) is 73.1 cm³/mol. The van der Waals surface area contributed by atoms with Crippen LogP contribution in [-0.2, 0) is 9.47 Å². The van der Waals surface area contributed by atoms with Crippen molar-refractivity contribution >= 4 is 11.7 Å². The van der Waals surface area contributed by atoms with Gasteiger partial charge in [0.1, 0.15) is 12.3 Å². The molecule has 0 aliphatic heterocycles. The van der Waals surface area contributed by atoms with Crippen LogP contribution < -0.4 is 5.73 Å². The summed E-state index contributed by atoms with van der Waals surface area (Å²) in [6.07, 6.45) is 4.00. The lowest BCUT2D eigenvalue weighted by Gasteiger charge is -2.19. The standard InChI is InChI=1S/C14H22N2O3/c1-14(2,3)19-7-6-18-13(17)12-8-10(15)9-16(12)11-4-5-11/h8-9,11H,4-7,15H2,1-3H3. The van der Waals surface area contributed by atoms with E-state index in [0.29, 0.717) is 24.0 Å². The molecular weight excluding hydrogens is 244 g/mol. The summed E-state index contributed by atoms with van der Waals surface area (Å²) in [7, 11) is 0. The third-order valence-electron chi connectivity index (χ3n) is 2.87. The number of ether oxygens (including phenoxy) is 2. The number of nitrogens with two attached hydrogens (primary N) is 1. The first-order chi connectivity index (χ1) is 8.87. The lowest BCUT2D eigenvalue weighted by atomic mass is 10.2. The predicted octanol–water partition coefficient (Wildman–Crippen LogP) is 2.38. The lowest BCUT2D eigenvalue weighted by Crippen LogP contribution is -2.23. The number of hydrogen-bond donors (Lipinski definition) is 1. The SMILES string of the molecule is CC(C)(C)OCCOC(=O)c1cc(N)cn1C1CC1. The van der Waals surface area contributed by atoms with Crippen molar-refractivity contribution in [3.8, 4) is 0 Å². The minimum atomic E-state index is -0.332. The van der Waals surface area contributed by atoms with Crippen LogP contribution in [0.3, 0.4) is 0 Å². The quantitative estimate of drug-likeness (QED) is 0.656. The largest absolute Gasteiger partial charge is 0.459 e. The summed E-state index contributed by atoms with van der Waals surface area (Å²) in [5.74, 6) is -0.332. The molecule has 1 aromatic rings. The van der Waals surface area contributed by atoms with E-state index in [4.69, 9.17) is 15.2 Å². The highest BCUT2D eigenvalue weighted by Crippen LogP contribution is 2.37. The van der Waals surface area contributed by atoms with Gasteiger partial charge in [-0.05, 0) is 39.7 Å². The minimum absolute atomic E-state index is 0.217. The molecule has 0 atom stereocenters. The number of carbonyl (C=O) groups excluding carboxylic acids is 1. The Bertz CT molecular complexity index is 456. The zero-order valence-corrected chi connectivity index (χ0v) is 11.8. The van der Waals surface area contributed by atoms with E-state index in [1.54, 1.807) is 12.3 Å². The van der Waals surface area contributed by atoms with Crippen molar-refractivity contribution in [3.63, 3.8) is 0 Å². The maximum absolute atomic E-state index is 12.0. The summed E-state index contributed by atoms with van der Waals surface area (Å²) in [5, 5.41) is 0. The van der Waals surface area contributed by atoms with E-state index in [0.717, 1.165) is 12.8 Å². The third-order valence-corrected chi connectivity index (χ3v) is 2.87. The fourth-order valence-electron chi connectivity index (χ4n) is 1.88. The molecule has 1 aromatic heterocycles. The average molecular weight is 266 g/mol. The molecule has 1 fully saturated rings. The zero-order valence-electron chi connectivity index (χ0n) is 11.8. The smallest absolute Gasteiger partial charge is 0.355 e. The number of esters is 1. The molecule has 5 nitrogen and oxygen atoms in total. The molecule has 1 aliphatic rings. The second-order valence-corrected chi connectivity index (χ2v) is 5.89. The Morgan fingerprint density at radius 2 is 2.11 bits per heavy atom. The fraction of sp³-hybridized carbons (Fsp3) is 0.643. The maximum Gasteiger partial charge on any atom is 0.355 e. The van der Waals surface area contributed by atoms with Crippen LogP contribution in [0.5, 0.6) is 0 Å². The van der Waals surface area contributed by atoms with Gasteiger partial charge >= 0.3 is 5.97 Å². The summed E-state index contributed by atoms with van der Waals surface area (Å²) >= 11 is 0. The number of aromatic nitrogens is 1. The van der Waals surface area contributed by atoms with E-state index in [9.17, 15) is 4.79 Å². The van der Waals surface area contributed by atoms with Gasteiger partial charge in [0, 0.05) is 12.2 Å². The van der Waals surface area contributed by atoms with E-state index < -0.39 is 0 Å². The van der Waals surface area contributed by atoms with Crippen LogP contribution in [-0.4, -0.2) is 29.4 Å². The number of anilines is 1. The molecule has 0 amide bonds. The van der Waals surface area contributed by atoms with Crippen LogP contribution in [0.25, 0.3) is 0 Å². The average Bonchev–Trinajstić information content (AvgIpc) is 3.06. The highest BCUT2D eigenvalue weighted by molar-refractivity contribution is 5.89. The van der Waals surface area contributed by atoms with Gasteiger partial charge in [-0.1, -0.05) is 0 Å². The number of rotatable bonds is 5. The Hall–Kier alpha value is -1.49. The minimum Gasteiger partial charge on any atom is -0.459 e. The molecular formula is C14H22N2O3. The summed E-state index contributed by atoms with van der Waals surface area (Å²) in [5.41, 5.74) is 6.66. The number of nitrogens with zero attached hydrogens (tertiary/aromatic N) is 1. The molecule has 106 valence electrons. The van der Waals surface area contributed by atoms with Crippen molar-refractivity contribution in [2.24, 2.45) is 0 Å². The van der Waals surface area contributed by atoms with Crippen LogP contribution in [0.15, 0.2) is 12.3 Å². The van der Waals surface area contributed by atoms with E-state index in [1.165, 1.54) is 0 Å². The molecule has 0 aromatic carbocycles. The van der Waals surface area contributed by atoms with Crippen molar-refractivity contribution in [1.82, 2.24) is 4.57 Å². The molecule has 2 rings (SSSR count). The molecule has 19 heavy (non-hydrogen) atoms. The monoisotopic (exact) mass is 266 g/mol. The number of carbonyl (C=O) groups is 1. The van der Waals surface area contributed by atoms with Gasteiger partial charge in [0.25, 0.3) is 0 Å². The van der Waals surface area contributed by atoms with Gasteiger partial charge < -0.3 is 19.8 Å². The van der Waals surface area contributed by atoms with E-state index in [2.05, 4.69) is 0 Å². The third kappa shape index (κ3) is 3.99. The molecule has 0 radical (unpaired) electrons. The first-order valence-corrected chi connectivity index (χ1v) is 6.65. The fourth-order valence-corrected chi connectivity index (χ4v) is 1.88. The van der Waals surface area contributed by atoms with E-state index in [-0.39, 0.29) is 18.2 Å². The van der Waals surface area contributed by atoms with Gasteiger partial charge in [0.2, 0.25) is 0 Å². The van der Waals surface area contributed by atoms with Crippen molar-refractivity contribution in [3.05, 3.63) is 18.0 Å². The van der Waals surface area contributed by atoms with E-state index in [1.807, 2.05) is 25.3 Å². The topological polar surface area (TPSA) is 66.5 Å². The van der Waals surface area contributed by atoms with Crippen molar-refractivity contribution in [2.75, 3.05) is 18.9 Å². The van der Waals surface area contributed by atoms with Crippen LogP contribution in [0, 0.1) is 0 Å². The molecule has 0 unspecified atom stereocenters. The number of hydrogen-bond acceptors (Lipinski definition) is 4.